The lowest BCUT2D eigenvalue weighted by molar-refractivity contribution is -0.0443. The highest BCUT2D eigenvalue weighted by atomic mass is 14.6. The molecule has 4 aliphatic rings. The summed E-state index contributed by atoms with van der Waals surface area (Å²) in [5, 5.41) is 9.11. The van der Waals surface area contributed by atoms with Crippen LogP contribution in [-0.4, -0.2) is 0 Å². The first-order valence-corrected chi connectivity index (χ1v) is 11.3. The molecule has 0 bridgehead atoms. The molecule has 0 amide bonds. The number of benzene rings is 1. The van der Waals surface area contributed by atoms with Crippen LogP contribution < -0.4 is 0 Å². The van der Waals surface area contributed by atoms with E-state index in [2.05, 4.69) is 38.1 Å². The van der Waals surface area contributed by atoms with Gasteiger partial charge in [0, 0.05) is 0 Å². The second kappa shape index (κ2) is 6.51. The van der Waals surface area contributed by atoms with Crippen LogP contribution in [0, 0.1) is 52.3 Å². The Morgan fingerprint density at radius 2 is 1.74 bits per heavy atom. The molecule has 0 saturated heterocycles. The minimum Gasteiger partial charge on any atom is -0.192 e. The fourth-order valence-electron chi connectivity index (χ4n) is 7.83. The molecule has 1 aromatic rings. The second-order valence-corrected chi connectivity index (χ2v) is 10.4. The van der Waals surface area contributed by atoms with E-state index in [9.17, 15) is 0 Å². The number of nitrogens with zero attached hydrogens (tertiary/aromatic N) is 1. The van der Waals surface area contributed by atoms with Crippen LogP contribution in [0.15, 0.2) is 30.3 Å². The van der Waals surface area contributed by atoms with E-state index in [1.807, 2.05) is 12.1 Å². The van der Waals surface area contributed by atoms with Crippen molar-refractivity contribution in [3.63, 3.8) is 0 Å². The van der Waals surface area contributed by atoms with Crippen molar-refractivity contribution in [1.29, 1.82) is 5.26 Å². The molecule has 0 N–H and O–H groups in total. The first-order valence-electron chi connectivity index (χ1n) is 11.3. The number of allylic oxidation sites excluding steroid dienone is 2. The van der Waals surface area contributed by atoms with Crippen LogP contribution in [0.4, 0.5) is 0 Å². The maximum atomic E-state index is 9.11. The van der Waals surface area contributed by atoms with E-state index in [0.29, 0.717) is 5.41 Å². The third-order valence-corrected chi connectivity index (χ3v) is 9.12. The molecule has 3 saturated carbocycles. The molecule has 0 aliphatic heterocycles. The lowest BCUT2D eigenvalue weighted by atomic mass is 9.49. The standard InChI is InChI=1S/C26H33N/c1-17-3-9-21-20(15-17)8-10-23-22(21)13-14-26(2)24(11-12-25(23)26)19-6-4-18(16-27)5-7-19/h4-7,11,17,20-23,25H,3,8-10,12-15H2,1-2H3. The molecule has 142 valence electrons. The number of nitriles is 1. The van der Waals surface area contributed by atoms with Crippen LogP contribution in [0.25, 0.3) is 5.57 Å². The van der Waals surface area contributed by atoms with E-state index in [4.69, 9.17) is 5.26 Å². The SMILES string of the molecule is CC1CCC2C(CCC3C2CCC2(C)C(c4ccc(C#N)cc4)=CCC32)C1. The summed E-state index contributed by atoms with van der Waals surface area (Å²) in [6.07, 6.45) is 14.1. The van der Waals surface area contributed by atoms with Gasteiger partial charge in [0.15, 0.2) is 0 Å². The fraction of sp³-hybridized carbons (Fsp3) is 0.654. The first-order chi connectivity index (χ1) is 13.1. The van der Waals surface area contributed by atoms with Crippen LogP contribution in [0.5, 0.6) is 0 Å². The van der Waals surface area contributed by atoms with Crippen molar-refractivity contribution in [2.24, 2.45) is 40.9 Å². The van der Waals surface area contributed by atoms with Crippen LogP contribution in [0.3, 0.4) is 0 Å². The van der Waals surface area contributed by atoms with Gasteiger partial charge < -0.3 is 0 Å². The van der Waals surface area contributed by atoms with Gasteiger partial charge >= 0.3 is 0 Å². The van der Waals surface area contributed by atoms with Gasteiger partial charge in [-0.3, -0.25) is 0 Å². The minimum atomic E-state index is 0.351. The van der Waals surface area contributed by atoms with Gasteiger partial charge in [-0.15, -0.1) is 0 Å². The lowest BCUT2D eigenvalue weighted by Crippen LogP contribution is -2.47. The molecule has 0 radical (unpaired) electrons. The van der Waals surface area contributed by atoms with E-state index < -0.39 is 0 Å². The largest absolute Gasteiger partial charge is 0.192 e. The Bertz CT molecular complexity index is 781. The molecule has 1 aromatic carbocycles. The summed E-state index contributed by atoms with van der Waals surface area (Å²) >= 11 is 0. The van der Waals surface area contributed by atoms with Crippen molar-refractivity contribution in [3.05, 3.63) is 41.5 Å². The van der Waals surface area contributed by atoms with Gasteiger partial charge in [-0.05, 0) is 109 Å². The molecule has 3 fully saturated rings. The Balaban J connectivity index is 1.39. The van der Waals surface area contributed by atoms with Crippen molar-refractivity contribution < 1.29 is 0 Å². The van der Waals surface area contributed by atoms with E-state index in [0.717, 1.165) is 41.1 Å². The van der Waals surface area contributed by atoms with E-state index in [1.54, 1.807) is 5.57 Å². The van der Waals surface area contributed by atoms with Gasteiger partial charge in [0.25, 0.3) is 0 Å². The van der Waals surface area contributed by atoms with Gasteiger partial charge in [0.1, 0.15) is 0 Å². The average Bonchev–Trinajstić information content (AvgIpc) is 3.05. The molecule has 7 unspecified atom stereocenters. The molecule has 1 heteroatoms. The van der Waals surface area contributed by atoms with Crippen molar-refractivity contribution in [1.82, 2.24) is 0 Å². The summed E-state index contributed by atoms with van der Waals surface area (Å²) in [5.41, 5.74) is 4.06. The van der Waals surface area contributed by atoms with Gasteiger partial charge in [0.05, 0.1) is 11.6 Å². The van der Waals surface area contributed by atoms with E-state index in [-0.39, 0.29) is 0 Å². The normalized spacial score (nSPS) is 43.1. The van der Waals surface area contributed by atoms with Crippen molar-refractivity contribution >= 4 is 5.57 Å². The zero-order valence-electron chi connectivity index (χ0n) is 17.0. The predicted molar refractivity (Wildman–Crippen MR) is 111 cm³/mol. The Kier molecular flexibility index (Phi) is 4.23. The van der Waals surface area contributed by atoms with E-state index in [1.165, 1.54) is 56.9 Å². The smallest absolute Gasteiger partial charge is 0.0991 e. The molecule has 7 atom stereocenters. The highest BCUT2D eigenvalue weighted by Crippen LogP contribution is 2.64. The molecule has 5 rings (SSSR count). The quantitative estimate of drug-likeness (QED) is 0.538. The molecule has 0 heterocycles. The predicted octanol–water partition coefficient (Wildman–Crippen LogP) is 6.84. The molecule has 0 aromatic heterocycles. The number of hydrogen-bond donors (Lipinski definition) is 0. The number of hydrogen-bond acceptors (Lipinski definition) is 1. The fourth-order valence-corrected chi connectivity index (χ4v) is 7.83. The summed E-state index contributed by atoms with van der Waals surface area (Å²) in [4.78, 5) is 0. The summed E-state index contributed by atoms with van der Waals surface area (Å²) in [7, 11) is 0. The molecule has 1 nitrogen and oxygen atoms in total. The summed E-state index contributed by atoms with van der Waals surface area (Å²) < 4.78 is 0. The molecular weight excluding hydrogens is 326 g/mol. The third kappa shape index (κ3) is 2.71. The van der Waals surface area contributed by atoms with Gasteiger partial charge in [-0.2, -0.15) is 5.26 Å². The average molecular weight is 360 g/mol. The van der Waals surface area contributed by atoms with E-state index >= 15 is 0 Å². The Morgan fingerprint density at radius 3 is 2.52 bits per heavy atom. The molecular formula is C26H33N. The lowest BCUT2D eigenvalue weighted by Gasteiger charge is -2.56. The highest BCUT2D eigenvalue weighted by Gasteiger charge is 2.54. The maximum absolute atomic E-state index is 9.11. The monoisotopic (exact) mass is 359 g/mol. The third-order valence-electron chi connectivity index (χ3n) is 9.12. The van der Waals surface area contributed by atoms with Gasteiger partial charge in [0.2, 0.25) is 0 Å². The van der Waals surface area contributed by atoms with Gasteiger partial charge in [-0.1, -0.05) is 38.5 Å². The summed E-state index contributed by atoms with van der Waals surface area (Å²) in [5.74, 6) is 5.83. The Morgan fingerprint density at radius 1 is 0.963 bits per heavy atom. The van der Waals surface area contributed by atoms with Crippen LogP contribution in [0.1, 0.15) is 76.3 Å². The van der Waals surface area contributed by atoms with Crippen LogP contribution >= 0.6 is 0 Å². The number of fused-ring (bicyclic) bond motifs is 5. The molecule has 27 heavy (non-hydrogen) atoms. The van der Waals surface area contributed by atoms with Crippen molar-refractivity contribution in [3.8, 4) is 6.07 Å². The molecule has 4 aliphatic carbocycles. The number of rotatable bonds is 1. The van der Waals surface area contributed by atoms with Crippen LogP contribution in [-0.2, 0) is 0 Å². The minimum absolute atomic E-state index is 0.351. The Hall–Kier alpha value is -1.55. The maximum Gasteiger partial charge on any atom is 0.0991 e. The summed E-state index contributed by atoms with van der Waals surface area (Å²) in [6.45, 7) is 5.03. The zero-order chi connectivity index (χ0) is 18.6. The molecule has 0 spiro atoms. The van der Waals surface area contributed by atoms with Gasteiger partial charge in [-0.25, -0.2) is 0 Å². The second-order valence-electron chi connectivity index (χ2n) is 10.4. The first kappa shape index (κ1) is 17.5. The van der Waals surface area contributed by atoms with Crippen molar-refractivity contribution in [2.75, 3.05) is 0 Å². The Labute approximate surface area is 164 Å². The topological polar surface area (TPSA) is 23.8 Å². The zero-order valence-corrected chi connectivity index (χ0v) is 17.0. The summed E-state index contributed by atoms with van der Waals surface area (Å²) in [6, 6.07) is 10.6. The highest BCUT2D eigenvalue weighted by molar-refractivity contribution is 5.73. The van der Waals surface area contributed by atoms with Crippen LogP contribution in [0.2, 0.25) is 0 Å². The van der Waals surface area contributed by atoms with Crippen molar-refractivity contribution in [2.45, 2.75) is 65.2 Å².